The molecule has 0 amide bonds. The van der Waals surface area contributed by atoms with E-state index in [1.807, 2.05) is 30.3 Å². The van der Waals surface area contributed by atoms with Crippen molar-refractivity contribution >= 4 is 30.6 Å². The Morgan fingerprint density at radius 3 is 1.95 bits per heavy atom. The molecule has 4 bridgehead atoms. The molecular weight excluding hydrogens is 658 g/mol. The third-order valence-corrected chi connectivity index (χ3v) is 8.39. The number of hydrogen-bond donors (Lipinski definition) is 0. The van der Waals surface area contributed by atoms with Gasteiger partial charge in [-0.25, -0.2) is 0 Å². The summed E-state index contributed by atoms with van der Waals surface area (Å²) in [6.07, 6.45) is 9.15. The molecule has 5 aliphatic rings. The maximum Gasteiger partial charge on any atom is 5.00 e. The largest absolute Gasteiger partial charge is 5.00 e. The van der Waals surface area contributed by atoms with Gasteiger partial charge in [0, 0.05) is 6.21 Å². The minimum Gasteiger partial charge on any atom is -1.00 e. The van der Waals surface area contributed by atoms with E-state index in [0.29, 0.717) is 12.0 Å². The topological polar surface area (TPSA) is 58.5 Å². The Hall–Kier alpha value is -1.20. The predicted molar refractivity (Wildman–Crippen MR) is 120 cm³/mol. The summed E-state index contributed by atoms with van der Waals surface area (Å²) in [4.78, 5) is 4.67. The van der Waals surface area contributed by atoms with Crippen LogP contribution in [0, 0.1) is 24.7 Å². The number of fused-ring (bicyclic) bond motifs is 1. The molecule has 0 aromatic heterocycles. The SMILES string of the molecule is Cc1cc(C=NC2c3ccccc3CC2[O-])c([O-])c(C23CC4CC(CC(C4)C2)C3)c1.[Cr+3].[F-].[F-].[F-].[F-].[F-].[F-].[Sb+5]. The van der Waals surface area contributed by atoms with Gasteiger partial charge in [0.15, 0.2) is 0 Å². The van der Waals surface area contributed by atoms with Crippen LogP contribution in [0.1, 0.15) is 72.4 Å². The van der Waals surface area contributed by atoms with E-state index < -0.39 is 6.10 Å². The van der Waals surface area contributed by atoms with Gasteiger partial charge in [-0.2, -0.15) is 0 Å². The minimum absolute atomic E-state index is 0. The number of halogens is 6. The van der Waals surface area contributed by atoms with E-state index >= 15 is 0 Å². The van der Waals surface area contributed by atoms with Gasteiger partial charge in [0.1, 0.15) is 0 Å². The summed E-state index contributed by atoms with van der Waals surface area (Å²) in [6.45, 7) is 2.09. The van der Waals surface area contributed by atoms with Gasteiger partial charge in [-0.1, -0.05) is 53.8 Å². The van der Waals surface area contributed by atoms with E-state index in [2.05, 4.69) is 18.0 Å². The number of aliphatic imine (C=N–C) groups is 1. The molecule has 0 saturated heterocycles. The molecule has 2 unspecified atom stereocenters. The smallest absolute Gasteiger partial charge is 1.00 e. The zero-order valence-electron chi connectivity index (χ0n) is 20.8. The quantitative estimate of drug-likeness (QED) is 0.183. The van der Waals surface area contributed by atoms with Crippen molar-refractivity contribution < 1.29 is 55.8 Å². The molecule has 2 atom stereocenters. The average Bonchev–Trinajstić information content (AvgIpc) is 3.02. The van der Waals surface area contributed by atoms with Crippen LogP contribution in [0.5, 0.6) is 5.75 Å². The van der Waals surface area contributed by atoms with Gasteiger partial charge in [-0.05, 0) is 97.3 Å². The number of nitrogens with zero attached hydrogens (tertiary/aromatic N) is 1. The van der Waals surface area contributed by atoms with Crippen LogP contribution >= 0.6 is 0 Å². The maximum absolute atomic E-state index is 13.6. The third-order valence-electron chi connectivity index (χ3n) is 8.39. The summed E-state index contributed by atoms with van der Waals surface area (Å²) in [7, 11) is 0. The summed E-state index contributed by atoms with van der Waals surface area (Å²) < 4.78 is 0. The van der Waals surface area contributed by atoms with E-state index in [1.165, 1.54) is 38.5 Å². The minimum atomic E-state index is -0.763. The van der Waals surface area contributed by atoms with Crippen LogP contribution in [0.15, 0.2) is 41.4 Å². The van der Waals surface area contributed by atoms with Crippen molar-refractivity contribution in [1.29, 1.82) is 0 Å². The van der Waals surface area contributed by atoms with E-state index in [4.69, 9.17) is 0 Å². The van der Waals surface area contributed by atoms with Crippen LogP contribution in [0.3, 0.4) is 0 Å². The molecule has 207 valence electrons. The van der Waals surface area contributed by atoms with Crippen molar-refractivity contribution in [2.24, 2.45) is 22.7 Å². The van der Waals surface area contributed by atoms with Crippen LogP contribution in [0.4, 0.5) is 0 Å². The second-order valence-electron chi connectivity index (χ2n) is 10.6. The molecule has 0 heterocycles. The van der Waals surface area contributed by atoms with Crippen LogP contribution in [0.2, 0.25) is 0 Å². The van der Waals surface area contributed by atoms with E-state index in [0.717, 1.165) is 40.0 Å². The zero-order valence-corrected chi connectivity index (χ0v) is 24.6. The number of aryl methyl sites for hydroxylation is 1. The molecule has 0 spiro atoms. The summed E-state index contributed by atoms with van der Waals surface area (Å²) in [5.74, 6) is 2.58. The normalized spacial score (nSPS) is 28.8. The van der Waals surface area contributed by atoms with Crippen molar-refractivity contribution in [3.05, 3.63) is 64.2 Å². The molecule has 2 aromatic rings. The second-order valence-corrected chi connectivity index (χ2v) is 10.6. The molecule has 11 heteroatoms. The van der Waals surface area contributed by atoms with Crippen molar-refractivity contribution in [2.45, 2.75) is 69.4 Å². The van der Waals surface area contributed by atoms with Gasteiger partial charge in [0.05, 0.1) is 6.04 Å². The summed E-state index contributed by atoms with van der Waals surface area (Å²) in [5, 5.41) is 26.2. The first-order chi connectivity index (χ1) is 14.5. The van der Waals surface area contributed by atoms with E-state index in [-0.39, 0.29) is 87.2 Å². The van der Waals surface area contributed by atoms with Gasteiger partial charge in [-0.15, -0.1) is 0 Å². The Bertz CT molecular complexity index is 1020. The summed E-state index contributed by atoms with van der Waals surface area (Å²) in [5.41, 5.74) is 5.04. The Morgan fingerprint density at radius 1 is 0.868 bits per heavy atom. The molecule has 1 radical (unpaired) electrons. The van der Waals surface area contributed by atoms with E-state index in [1.54, 1.807) is 6.21 Å². The predicted octanol–water partition coefficient (Wildman–Crippen LogP) is -14.4. The molecule has 38 heavy (non-hydrogen) atoms. The Labute approximate surface area is 247 Å². The number of rotatable bonds is 3. The van der Waals surface area contributed by atoms with Crippen LogP contribution in [0.25, 0.3) is 0 Å². The standard InChI is InChI=1S/C27H30NO2.Cr.6FH.Sb/c1-16-6-21(15-28-25-22-5-3-2-4-20(22)11-24(25)29)26(30)23(7-16)27-12-17-8-18(13-27)10-19(9-17)14-27;;;;;;;;/h2-7,15,17-19,24-25,30H,8-14H2,1H3;;6*1H;/q-1;+3;;;;;;;+5/p-7. The first-order valence-electron chi connectivity index (χ1n) is 11.6. The Kier molecular flexibility index (Phi) is 16.9. The van der Waals surface area contributed by atoms with Crippen molar-refractivity contribution in [1.82, 2.24) is 0 Å². The first kappa shape index (κ1) is 41.3. The molecule has 0 N–H and O–H groups in total. The van der Waals surface area contributed by atoms with Crippen molar-refractivity contribution in [2.75, 3.05) is 0 Å². The molecule has 7 rings (SSSR count). The molecule has 0 aliphatic heterocycles. The fraction of sp³-hybridized carbons (Fsp3) is 0.519. The van der Waals surface area contributed by atoms with Gasteiger partial charge in [-0.3, -0.25) is 4.99 Å². The van der Waals surface area contributed by atoms with Gasteiger partial charge < -0.3 is 38.4 Å². The number of benzene rings is 2. The van der Waals surface area contributed by atoms with Crippen LogP contribution in [-0.4, -0.2) is 36.7 Å². The fourth-order valence-corrected chi connectivity index (χ4v) is 7.61. The Balaban J connectivity index is -0.00000153. The van der Waals surface area contributed by atoms with Crippen molar-refractivity contribution in [3.63, 3.8) is 0 Å². The van der Waals surface area contributed by atoms with Crippen LogP contribution < -0.4 is 38.4 Å². The molecule has 4 saturated carbocycles. The fourth-order valence-electron chi connectivity index (χ4n) is 7.61. The number of hydrogen-bond acceptors (Lipinski definition) is 3. The van der Waals surface area contributed by atoms with Gasteiger partial charge in [0.2, 0.25) is 0 Å². The third kappa shape index (κ3) is 6.92. The monoisotopic (exact) mass is 686 g/mol. The Morgan fingerprint density at radius 2 is 1.39 bits per heavy atom. The van der Waals surface area contributed by atoms with Gasteiger partial charge >= 0.3 is 41.8 Å². The zero-order chi connectivity index (χ0) is 20.5. The molecular formula is C27H29CrF6NO2Sb. The molecule has 3 nitrogen and oxygen atoms in total. The summed E-state index contributed by atoms with van der Waals surface area (Å²) >= 11 is 0. The maximum atomic E-state index is 13.6. The van der Waals surface area contributed by atoms with Crippen LogP contribution in [-0.2, 0) is 29.2 Å². The molecule has 4 fully saturated rings. The van der Waals surface area contributed by atoms with E-state index in [9.17, 15) is 10.2 Å². The molecule has 5 aliphatic carbocycles. The second kappa shape index (κ2) is 15.6. The van der Waals surface area contributed by atoms with Gasteiger partial charge in [0.25, 0.3) is 0 Å². The first-order valence-corrected chi connectivity index (χ1v) is 11.6. The van der Waals surface area contributed by atoms with Crippen molar-refractivity contribution in [3.8, 4) is 5.75 Å². The molecule has 2 aromatic carbocycles. The summed E-state index contributed by atoms with van der Waals surface area (Å²) in [6, 6.07) is 11.7. The average molecular weight is 687 g/mol.